The molecule has 5 nitrogen and oxygen atoms in total. The van der Waals surface area contributed by atoms with Crippen LogP contribution < -0.4 is 4.74 Å². The van der Waals surface area contributed by atoms with Crippen LogP contribution in [-0.2, 0) is 4.79 Å². The van der Waals surface area contributed by atoms with Crippen LogP contribution in [0.3, 0.4) is 0 Å². The van der Waals surface area contributed by atoms with Crippen LogP contribution in [0.5, 0.6) is 5.75 Å². The molecule has 1 aliphatic rings. The molecule has 1 saturated heterocycles. The van der Waals surface area contributed by atoms with E-state index in [4.69, 9.17) is 4.74 Å². The smallest absolute Gasteiger partial charge is 0.263 e. The molecule has 2 aromatic carbocycles. The highest BCUT2D eigenvalue weighted by molar-refractivity contribution is 5.94. The topological polar surface area (TPSA) is 49.9 Å². The van der Waals surface area contributed by atoms with Gasteiger partial charge in [0.1, 0.15) is 11.6 Å². The van der Waals surface area contributed by atoms with Crippen molar-refractivity contribution >= 4 is 11.8 Å². The Bertz CT molecular complexity index is 876. The Balaban J connectivity index is 1.59. The van der Waals surface area contributed by atoms with E-state index >= 15 is 0 Å². The summed E-state index contributed by atoms with van der Waals surface area (Å²) in [6, 6.07) is 13.7. The van der Waals surface area contributed by atoms with E-state index in [9.17, 15) is 14.0 Å². The minimum Gasteiger partial charge on any atom is -0.481 e. The Morgan fingerprint density at radius 2 is 1.48 bits per heavy atom. The third-order valence-corrected chi connectivity index (χ3v) is 5.18. The van der Waals surface area contributed by atoms with Crippen molar-refractivity contribution in [3.63, 3.8) is 0 Å². The van der Waals surface area contributed by atoms with Crippen LogP contribution in [0.2, 0.25) is 0 Å². The average molecular weight is 398 g/mol. The summed E-state index contributed by atoms with van der Waals surface area (Å²) < 4.78 is 19.8. The summed E-state index contributed by atoms with van der Waals surface area (Å²) in [5.74, 6) is 0.0342. The highest BCUT2D eigenvalue weighted by atomic mass is 19.1. The van der Waals surface area contributed by atoms with Gasteiger partial charge in [0.25, 0.3) is 11.8 Å². The maximum absolute atomic E-state index is 13.9. The van der Waals surface area contributed by atoms with E-state index in [0.717, 1.165) is 11.3 Å². The second-order valence-corrected chi connectivity index (χ2v) is 7.55. The van der Waals surface area contributed by atoms with Gasteiger partial charge in [-0.2, -0.15) is 0 Å². The van der Waals surface area contributed by atoms with Gasteiger partial charge in [-0.15, -0.1) is 0 Å². The molecule has 2 aromatic rings. The number of hydrogen-bond acceptors (Lipinski definition) is 3. The van der Waals surface area contributed by atoms with Gasteiger partial charge in [0.15, 0.2) is 6.10 Å². The number of carbonyl (C=O) groups is 2. The Morgan fingerprint density at radius 1 is 0.897 bits per heavy atom. The van der Waals surface area contributed by atoms with Crippen LogP contribution in [0.25, 0.3) is 0 Å². The molecule has 0 aliphatic carbocycles. The Labute approximate surface area is 171 Å². The molecule has 1 fully saturated rings. The van der Waals surface area contributed by atoms with E-state index < -0.39 is 11.9 Å². The van der Waals surface area contributed by atoms with E-state index in [1.807, 2.05) is 24.3 Å². The molecule has 0 radical (unpaired) electrons. The molecule has 1 atom stereocenters. The normalized spacial score (nSPS) is 15.3. The number of ether oxygens (including phenoxy) is 1. The van der Waals surface area contributed by atoms with Crippen LogP contribution in [0.15, 0.2) is 48.5 Å². The molecule has 3 rings (SSSR count). The second-order valence-electron chi connectivity index (χ2n) is 7.55. The molecular formula is C23H27FN2O3. The van der Waals surface area contributed by atoms with Gasteiger partial charge in [-0.1, -0.05) is 44.2 Å². The lowest BCUT2D eigenvalue weighted by atomic mass is 10.0. The molecule has 0 N–H and O–H groups in total. The Morgan fingerprint density at radius 3 is 2.14 bits per heavy atom. The standard InChI is InChI=1S/C23H27FN2O3/c1-16(2)18-8-5-7-11-21(18)29-17(3)22(27)25-12-14-26(15-13-25)23(28)19-9-4-6-10-20(19)24/h4-11,16-17H,12-15H2,1-3H3. The molecule has 1 unspecified atom stereocenters. The van der Waals surface area contributed by atoms with Crippen LogP contribution in [0.4, 0.5) is 4.39 Å². The van der Waals surface area contributed by atoms with Crippen LogP contribution >= 0.6 is 0 Å². The summed E-state index contributed by atoms with van der Waals surface area (Å²) in [4.78, 5) is 28.6. The predicted molar refractivity (Wildman–Crippen MR) is 110 cm³/mol. The highest BCUT2D eigenvalue weighted by Gasteiger charge is 2.29. The number of rotatable bonds is 5. The fourth-order valence-corrected chi connectivity index (χ4v) is 3.50. The van der Waals surface area contributed by atoms with Crippen LogP contribution in [0.1, 0.15) is 42.6 Å². The van der Waals surface area contributed by atoms with Gasteiger partial charge in [0, 0.05) is 26.2 Å². The predicted octanol–water partition coefficient (Wildman–Crippen LogP) is 3.70. The molecule has 0 spiro atoms. The summed E-state index contributed by atoms with van der Waals surface area (Å²) in [6.45, 7) is 7.46. The van der Waals surface area contributed by atoms with Crippen molar-refractivity contribution < 1.29 is 18.7 Å². The third kappa shape index (κ3) is 4.75. The van der Waals surface area contributed by atoms with Crippen molar-refractivity contribution in [3.05, 3.63) is 65.5 Å². The zero-order chi connectivity index (χ0) is 21.0. The lowest BCUT2D eigenvalue weighted by Gasteiger charge is -2.36. The number of benzene rings is 2. The number of para-hydroxylation sites is 1. The summed E-state index contributed by atoms with van der Waals surface area (Å²) in [5.41, 5.74) is 1.13. The number of hydrogen-bond donors (Lipinski definition) is 0. The lowest BCUT2D eigenvalue weighted by molar-refractivity contribution is -0.139. The lowest BCUT2D eigenvalue weighted by Crippen LogP contribution is -2.53. The maximum atomic E-state index is 13.9. The zero-order valence-corrected chi connectivity index (χ0v) is 17.1. The number of halogens is 1. The number of carbonyl (C=O) groups excluding carboxylic acids is 2. The third-order valence-electron chi connectivity index (χ3n) is 5.18. The van der Waals surface area contributed by atoms with Gasteiger partial charge in [0.2, 0.25) is 0 Å². The van der Waals surface area contributed by atoms with Gasteiger partial charge >= 0.3 is 0 Å². The minimum atomic E-state index is -0.622. The van der Waals surface area contributed by atoms with E-state index in [2.05, 4.69) is 13.8 Å². The van der Waals surface area contributed by atoms with E-state index in [1.165, 1.54) is 12.1 Å². The molecule has 29 heavy (non-hydrogen) atoms. The van der Waals surface area contributed by atoms with Crippen molar-refractivity contribution in [2.45, 2.75) is 32.8 Å². The molecule has 0 aromatic heterocycles. The number of nitrogens with zero attached hydrogens (tertiary/aromatic N) is 2. The van der Waals surface area contributed by atoms with Crippen molar-refractivity contribution in [2.24, 2.45) is 0 Å². The van der Waals surface area contributed by atoms with Crippen LogP contribution in [0, 0.1) is 5.82 Å². The monoisotopic (exact) mass is 398 g/mol. The molecular weight excluding hydrogens is 371 g/mol. The van der Waals surface area contributed by atoms with E-state index in [0.29, 0.717) is 32.1 Å². The van der Waals surface area contributed by atoms with Crippen molar-refractivity contribution in [1.29, 1.82) is 0 Å². The molecule has 1 aliphatic heterocycles. The van der Waals surface area contributed by atoms with Gasteiger partial charge in [-0.25, -0.2) is 4.39 Å². The van der Waals surface area contributed by atoms with Gasteiger partial charge in [0.05, 0.1) is 5.56 Å². The number of piperazine rings is 1. The average Bonchev–Trinajstić information content (AvgIpc) is 2.73. The van der Waals surface area contributed by atoms with Gasteiger partial charge < -0.3 is 14.5 Å². The molecule has 0 saturated carbocycles. The summed E-state index contributed by atoms with van der Waals surface area (Å²) in [5, 5.41) is 0. The molecule has 6 heteroatoms. The largest absolute Gasteiger partial charge is 0.481 e. The molecule has 2 amide bonds. The first-order valence-corrected chi connectivity index (χ1v) is 9.96. The Hall–Kier alpha value is -2.89. The molecule has 0 bridgehead atoms. The SMILES string of the molecule is CC(Oc1ccccc1C(C)C)C(=O)N1CCN(C(=O)c2ccccc2F)CC1. The second kappa shape index (κ2) is 9.07. The minimum absolute atomic E-state index is 0.0641. The Kier molecular flexibility index (Phi) is 6.52. The fourth-order valence-electron chi connectivity index (χ4n) is 3.50. The zero-order valence-electron chi connectivity index (χ0n) is 17.1. The summed E-state index contributed by atoms with van der Waals surface area (Å²) >= 11 is 0. The van der Waals surface area contributed by atoms with Crippen molar-refractivity contribution in [1.82, 2.24) is 9.80 Å². The first kappa shape index (κ1) is 20.8. The van der Waals surface area contributed by atoms with E-state index in [1.54, 1.807) is 28.9 Å². The summed E-state index contributed by atoms with van der Waals surface area (Å²) in [6.07, 6.45) is -0.622. The van der Waals surface area contributed by atoms with Crippen molar-refractivity contribution in [2.75, 3.05) is 26.2 Å². The quantitative estimate of drug-likeness (QED) is 0.772. The van der Waals surface area contributed by atoms with Gasteiger partial charge in [-0.05, 0) is 36.6 Å². The van der Waals surface area contributed by atoms with E-state index in [-0.39, 0.29) is 17.4 Å². The first-order valence-electron chi connectivity index (χ1n) is 9.96. The van der Waals surface area contributed by atoms with Crippen molar-refractivity contribution in [3.8, 4) is 5.75 Å². The maximum Gasteiger partial charge on any atom is 0.263 e. The molecule has 154 valence electrons. The van der Waals surface area contributed by atoms with Crippen LogP contribution in [-0.4, -0.2) is 53.9 Å². The highest BCUT2D eigenvalue weighted by Crippen LogP contribution is 2.27. The summed E-state index contributed by atoms with van der Waals surface area (Å²) in [7, 11) is 0. The number of amides is 2. The van der Waals surface area contributed by atoms with Gasteiger partial charge in [-0.3, -0.25) is 9.59 Å². The molecule has 1 heterocycles. The first-order chi connectivity index (χ1) is 13.9. The fraction of sp³-hybridized carbons (Fsp3) is 0.391.